The van der Waals surface area contributed by atoms with Crippen molar-refractivity contribution < 1.29 is 18.3 Å². The fraction of sp³-hybridized carbons (Fsp3) is 0.350. The van der Waals surface area contributed by atoms with E-state index in [1.165, 1.54) is 0 Å². The number of benzene rings is 1. The van der Waals surface area contributed by atoms with E-state index < -0.39 is 11.7 Å². The summed E-state index contributed by atoms with van der Waals surface area (Å²) in [5.74, 6) is 0. The standard InChI is InChI=1S/C20H19Cl2F3N2O/c1-11-6-13(20(23,24)25)7-17-15(11)8-14(27(17)2)9-16-18(21)12(4-3-5-28)10-26-19(16)22/h6-8,10,28H,3-5,9H2,1-2H3. The second-order valence-electron chi connectivity index (χ2n) is 6.79. The van der Waals surface area contributed by atoms with Crippen LogP contribution in [-0.2, 0) is 26.1 Å². The highest BCUT2D eigenvalue weighted by Crippen LogP contribution is 2.35. The van der Waals surface area contributed by atoms with Crippen LogP contribution in [0.4, 0.5) is 13.2 Å². The Morgan fingerprint density at radius 1 is 1.18 bits per heavy atom. The molecule has 1 N–H and O–H groups in total. The van der Waals surface area contributed by atoms with Crippen molar-refractivity contribution in [3.63, 3.8) is 0 Å². The third-order valence-corrected chi connectivity index (χ3v) is 5.68. The monoisotopic (exact) mass is 430 g/mol. The first kappa shape index (κ1) is 21.0. The highest BCUT2D eigenvalue weighted by molar-refractivity contribution is 6.35. The van der Waals surface area contributed by atoms with Gasteiger partial charge < -0.3 is 9.67 Å². The number of fused-ring (bicyclic) bond motifs is 1. The van der Waals surface area contributed by atoms with Crippen LogP contribution in [0.25, 0.3) is 10.9 Å². The van der Waals surface area contributed by atoms with Crippen LogP contribution in [0, 0.1) is 6.92 Å². The molecule has 150 valence electrons. The molecule has 0 spiro atoms. The highest BCUT2D eigenvalue weighted by atomic mass is 35.5. The molecule has 0 amide bonds. The zero-order valence-corrected chi connectivity index (χ0v) is 16.9. The third kappa shape index (κ3) is 4.00. The van der Waals surface area contributed by atoms with Crippen molar-refractivity contribution >= 4 is 34.1 Å². The molecule has 3 rings (SSSR count). The molecule has 0 aliphatic rings. The van der Waals surface area contributed by atoms with Gasteiger partial charge in [0.05, 0.1) is 10.6 Å². The average molecular weight is 431 g/mol. The maximum Gasteiger partial charge on any atom is 0.416 e. The average Bonchev–Trinajstić information content (AvgIpc) is 2.94. The second kappa shape index (κ2) is 7.93. The largest absolute Gasteiger partial charge is 0.416 e. The van der Waals surface area contributed by atoms with Crippen LogP contribution in [0.3, 0.4) is 0 Å². The normalized spacial score (nSPS) is 12.1. The number of alkyl halides is 3. The molecule has 28 heavy (non-hydrogen) atoms. The lowest BCUT2D eigenvalue weighted by molar-refractivity contribution is -0.137. The van der Waals surface area contributed by atoms with E-state index in [-0.39, 0.29) is 11.8 Å². The minimum atomic E-state index is -4.40. The van der Waals surface area contributed by atoms with Crippen molar-refractivity contribution in [3.05, 3.63) is 62.5 Å². The number of hydrogen-bond donors (Lipinski definition) is 1. The number of aliphatic hydroxyl groups excluding tert-OH is 1. The van der Waals surface area contributed by atoms with E-state index in [4.69, 9.17) is 28.3 Å². The van der Waals surface area contributed by atoms with Gasteiger partial charge in [-0.15, -0.1) is 0 Å². The third-order valence-electron chi connectivity index (χ3n) is 4.89. The molecular weight excluding hydrogens is 412 g/mol. The highest BCUT2D eigenvalue weighted by Gasteiger charge is 2.31. The molecule has 1 aromatic carbocycles. The fourth-order valence-corrected chi connectivity index (χ4v) is 3.88. The van der Waals surface area contributed by atoms with Crippen LogP contribution in [0.2, 0.25) is 10.2 Å². The maximum absolute atomic E-state index is 13.2. The molecule has 0 aliphatic heterocycles. The minimum absolute atomic E-state index is 0.0400. The quantitative estimate of drug-likeness (QED) is 0.525. The molecule has 0 aliphatic carbocycles. The van der Waals surface area contributed by atoms with E-state index in [2.05, 4.69) is 4.98 Å². The van der Waals surface area contributed by atoms with Crippen molar-refractivity contribution in [2.24, 2.45) is 7.05 Å². The van der Waals surface area contributed by atoms with Crippen LogP contribution in [0.1, 0.15) is 34.4 Å². The molecule has 0 saturated carbocycles. The van der Waals surface area contributed by atoms with E-state index >= 15 is 0 Å². The van der Waals surface area contributed by atoms with Crippen molar-refractivity contribution in [1.29, 1.82) is 0 Å². The van der Waals surface area contributed by atoms with Gasteiger partial charge in [-0.2, -0.15) is 13.2 Å². The van der Waals surface area contributed by atoms with E-state index in [0.29, 0.717) is 40.9 Å². The lowest BCUT2D eigenvalue weighted by Gasteiger charge is -2.12. The van der Waals surface area contributed by atoms with Crippen molar-refractivity contribution in [3.8, 4) is 0 Å². The summed E-state index contributed by atoms with van der Waals surface area (Å²) in [6.07, 6.45) is -1.36. The first-order valence-electron chi connectivity index (χ1n) is 8.72. The van der Waals surface area contributed by atoms with Gasteiger partial charge in [-0.05, 0) is 49.1 Å². The van der Waals surface area contributed by atoms with Gasteiger partial charge in [-0.3, -0.25) is 0 Å². The Morgan fingerprint density at radius 2 is 1.89 bits per heavy atom. The number of pyridine rings is 1. The summed E-state index contributed by atoms with van der Waals surface area (Å²) in [7, 11) is 1.72. The van der Waals surface area contributed by atoms with Gasteiger partial charge in [0.25, 0.3) is 0 Å². The lowest BCUT2D eigenvalue weighted by Crippen LogP contribution is -2.06. The van der Waals surface area contributed by atoms with E-state index in [1.54, 1.807) is 24.7 Å². The Balaban J connectivity index is 2.06. The summed E-state index contributed by atoms with van der Waals surface area (Å²) >= 11 is 12.8. The molecule has 2 heterocycles. The Labute approximate surface area is 170 Å². The van der Waals surface area contributed by atoms with Gasteiger partial charge in [0.15, 0.2) is 0 Å². The second-order valence-corrected chi connectivity index (χ2v) is 7.53. The van der Waals surface area contributed by atoms with Crippen molar-refractivity contribution in [2.75, 3.05) is 6.61 Å². The number of rotatable bonds is 5. The number of aromatic nitrogens is 2. The predicted octanol–water partition coefficient (Wildman–Crippen LogP) is 5.72. The van der Waals surface area contributed by atoms with Crippen LogP contribution in [0.5, 0.6) is 0 Å². The summed E-state index contributed by atoms with van der Waals surface area (Å²) in [5.41, 5.74) is 2.57. The molecule has 3 aromatic rings. The molecule has 0 atom stereocenters. The number of aliphatic hydroxyl groups is 1. The van der Waals surface area contributed by atoms with Gasteiger partial charge in [0.2, 0.25) is 0 Å². The van der Waals surface area contributed by atoms with Crippen molar-refractivity contribution in [2.45, 2.75) is 32.4 Å². The molecule has 2 aromatic heterocycles. The summed E-state index contributed by atoms with van der Waals surface area (Å²) in [4.78, 5) is 4.18. The number of halogens is 5. The number of hydrogen-bond acceptors (Lipinski definition) is 2. The first-order valence-corrected chi connectivity index (χ1v) is 9.47. The van der Waals surface area contributed by atoms with E-state index in [9.17, 15) is 13.2 Å². The number of aryl methyl sites for hydroxylation is 3. The summed E-state index contributed by atoms with van der Waals surface area (Å²) in [6, 6.07) is 4.17. The fourth-order valence-electron chi connectivity index (χ4n) is 3.33. The van der Waals surface area contributed by atoms with E-state index in [0.717, 1.165) is 28.8 Å². The first-order chi connectivity index (χ1) is 13.1. The van der Waals surface area contributed by atoms with Crippen LogP contribution >= 0.6 is 23.2 Å². The zero-order valence-electron chi connectivity index (χ0n) is 15.4. The van der Waals surface area contributed by atoms with Gasteiger partial charge in [0.1, 0.15) is 5.15 Å². The topological polar surface area (TPSA) is 38.1 Å². The molecule has 0 fully saturated rings. The molecular formula is C20H19Cl2F3N2O. The molecule has 0 saturated heterocycles. The molecule has 0 radical (unpaired) electrons. The van der Waals surface area contributed by atoms with Crippen LogP contribution in [0.15, 0.2) is 24.4 Å². The Bertz CT molecular complexity index is 1030. The Morgan fingerprint density at radius 3 is 2.54 bits per heavy atom. The van der Waals surface area contributed by atoms with Crippen LogP contribution < -0.4 is 0 Å². The summed E-state index contributed by atoms with van der Waals surface area (Å²) in [5, 5.41) is 10.5. The Kier molecular flexibility index (Phi) is 5.94. The predicted molar refractivity (Wildman–Crippen MR) is 105 cm³/mol. The zero-order chi connectivity index (χ0) is 20.6. The smallest absolute Gasteiger partial charge is 0.396 e. The van der Waals surface area contributed by atoms with Crippen molar-refractivity contribution in [1.82, 2.24) is 9.55 Å². The van der Waals surface area contributed by atoms with Crippen LogP contribution in [-0.4, -0.2) is 21.3 Å². The van der Waals surface area contributed by atoms with Gasteiger partial charge >= 0.3 is 6.18 Å². The SMILES string of the molecule is Cc1cc(C(F)(F)F)cc2c1cc(Cc1c(Cl)ncc(CCCO)c1Cl)n2C. The lowest BCUT2D eigenvalue weighted by atomic mass is 10.0. The van der Waals surface area contributed by atoms with Gasteiger partial charge in [-0.1, -0.05) is 23.2 Å². The maximum atomic E-state index is 13.2. The molecule has 3 nitrogen and oxygen atoms in total. The van der Waals surface area contributed by atoms with E-state index in [1.807, 2.05) is 6.07 Å². The Hall–Kier alpha value is -1.76. The summed E-state index contributed by atoms with van der Waals surface area (Å²) in [6.45, 7) is 1.71. The summed E-state index contributed by atoms with van der Waals surface area (Å²) < 4.78 is 41.2. The number of nitrogens with zero attached hydrogens (tertiary/aromatic N) is 2. The minimum Gasteiger partial charge on any atom is -0.396 e. The molecule has 0 bridgehead atoms. The molecule has 0 unspecified atom stereocenters. The van der Waals surface area contributed by atoms with Gasteiger partial charge in [-0.25, -0.2) is 4.98 Å². The van der Waals surface area contributed by atoms with Gasteiger partial charge in [0, 0.05) is 48.4 Å². The molecule has 8 heteroatoms.